The summed E-state index contributed by atoms with van der Waals surface area (Å²) in [6.45, 7) is 1.03. The maximum Gasteiger partial charge on any atom is 0.0486 e. The highest BCUT2D eigenvalue weighted by molar-refractivity contribution is 9.10. The van der Waals surface area contributed by atoms with E-state index in [1.54, 1.807) is 0 Å². The molecule has 4 heteroatoms. The monoisotopic (exact) mass is 405 g/mol. The van der Waals surface area contributed by atoms with E-state index in [-0.39, 0.29) is 0 Å². The van der Waals surface area contributed by atoms with Gasteiger partial charge in [-0.1, -0.05) is 39.7 Å². The van der Waals surface area contributed by atoms with Crippen LogP contribution in [0.2, 0.25) is 5.02 Å². The zero-order valence-corrected chi connectivity index (χ0v) is 15.8. The van der Waals surface area contributed by atoms with Gasteiger partial charge in [-0.15, -0.1) is 0 Å². The van der Waals surface area contributed by atoms with Crippen LogP contribution in [0.25, 0.3) is 10.9 Å². The van der Waals surface area contributed by atoms with E-state index in [0.717, 1.165) is 23.7 Å². The Bertz CT molecular complexity index is 854. The minimum Gasteiger partial charge on any atom is -0.344 e. The first kappa shape index (κ1) is 15.6. The number of rotatable bonds is 3. The molecule has 1 nitrogen and oxygen atoms in total. The molecule has 4 rings (SSSR count). The lowest BCUT2D eigenvalue weighted by atomic mass is 10.1. The molecular weight excluding hydrogens is 390 g/mol. The number of halogens is 2. The van der Waals surface area contributed by atoms with E-state index >= 15 is 0 Å². The molecule has 3 aromatic rings. The molecule has 0 N–H and O–H groups in total. The minimum absolute atomic E-state index is 0.805. The van der Waals surface area contributed by atoms with Crippen molar-refractivity contribution in [2.45, 2.75) is 25.1 Å². The molecular formula is C19H17BrClNS. The summed E-state index contributed by atoms with van der Waals surface area (Å²) in [6.07, 6.45) is 2.21. The third-order valence-electron chi connectivity index (χ3n) is 4.52. The predicted octanol–water partition coefficient (Wildman–Crippen LogP) is 6.09. The molecule has 23 heavy (non-hydrogen) atoms. The molecule has 118 valence electrons. The molecule has 0 unspecified atom stereocenters. The van der Waals surface area contributed by atoms with E-state index in [2.05, 4.69) is 50.8 Å². The molecule has 2 aromatic carbocycles. The Kier molecular flexibility index (Phi) is 4.44. The van der Waals surface area contributed by atoms with E-state index < -0.39 is 0 Å². The Morgan fingerprint density at radius 2 is 1.96 bits per heavy atom. The summed E-state index contributed by atoms with van der Waals surface area (Å²) >= 11 is 11.7. The summed E-state index contributed by atoms with van der Waals surface area (Å²) in [5, 5.41) is 2.22. The molecule has 0 fully saturated rings. The van der Waals surface area contributed by atoms with Gasteiger partial charge in [0.25, 0.3) is 0 Å². The number of aromatic nitrogens is 1. The quantitative estimate of drug-likeness (QED) is 0.509. The maximum absolute atomic E-state index is 5.99. The highest BCUT2D eigenvalue weighted by Crippen LogP contribution is 2.35. The molecule has 0 saturated heterocycles. The van der Waals surface area contributed by atoms with Gasteiger partial charge in [0.05, 0.1) is 0 Å². The van der Waals surface area contributed by atoms with Crippen molar-refractivity contribution in [3.63, 3.8) is 0 Å². The molecule has 0 radical (unpaired) electrons. The highest BCUT2D eigenvalue weighted by atomic mass is 79.9. The van der Waals surface area contributed by atoms with Crippen molar-refractivity contribution in [1.29, 1.82) is 0 Å². The van der Waals surface area contributed by atoms with E-state index in [1.807, 2.05) is 23.9 Å². The summed E-state index contributed by atoms with van der Waals surface area (Å²) in [6, 6.07) is 14.9. The lowest BCUT2D eigenvalue weighted by Gasteiger charge is -2.16. The summed E-state index contributed by atoms with van der Waals surface area (Å²) in [5.74, 6) is 2.36. The molecule has 1 aliphatic heterocycles. The zero-order chi connectivity index (χ0) is 15.8. The average molecular weight is 407 g/mol. The number of nitrogens with zero attached hydrogens (tertiary/aromatic N) is 1. The first-order chi connectivity index (χ1) is 11.2. The molecule has 0 bridgehead atoms. The van der Waals surface area contributed by atoms with E-state index in [1.165, 1.54) is 44.4 Å². The highest BCUT2D eigenvalue weighted by Gasteiger charge is 2.20. The minimum atomic E-state index is 0.805. The van der Waals surface area contributed by atoms with Crippen LogP contribution >= 0.6 is 39.3 Å². The van der Waals surface area contributed by atoms with Gasteiger partial charge in [-0.05, 0) is 60.1 Å². The van der Waals surface area contributed by atoms with Gasteiger partial charge in [-0.2, -0.15) is 11.8 Å². The fraction of sp³-hybridized carbons (Fsp3) is 0.263. The lowest BCUT2D eigenvalue weighted by molar-refractivity contribution is 0.684. The van der Waals surface area contributed by atoms with Gasteiger partial charge < -0.3 is 4.57 Å². The largest absolute Gasteiger partial charge is 0.344 e. The number of thioether (sulfide) groups is 1. The number of hydrogen-bond donors (Lipinski definition) is 0. The lowest BCUT2D eigenvalue weighted by Crippen LogP contribution is -2.10. The van der Waals surface area contributed by atoms with Crippen LogP contribution in [0, 0.1) is 0 Å². The fourth-order valence-corrected chi connectivity index (χ4v) is 4.88. The van der Waals surface area contributed by atoms with Crippen molar-refractivity contribution in [2.75, 3.05) is 5.75 Å². The fourth-order valence-electron chi connectivity index (χ4n) is 3.39. The van der Waals surface area contributed by atoms with Crippen LogP contribution in [0.3, 0.4) is 0 Å². The Morgan fingerprint density at radius 1 is 1.13 bits per heavy atom. The predicted molar refractivity (Wildman–Crippen MR) is 105 cm³/mol. The maximum atomic E-state index is 5.99. The van der Waals surface area contributed by atoms with Gasteiger partial charge >= 0.3 is 0 Å². The summed E-state index contributed by atoms with van der Waals surface area (Å²) in [7, 11) is 0. The van der Waals surface area contributed by atoms with Crippen molar-refractivity contribution >= 4 is 50.2 Å². The van der Waals surface area contributed by atoms with Crippen LogP contribution in [-0.4, -0.2) is 10.3 Å². The second-order valence-electron chi connectivity index (χ2n) is 5.92. The van der Waals surface area contributed by atoms with Crippen LogP contribution in [-0.2, 0) is 25.1 Å². The molecule has 0 saturated carbocycles. The van der Waals surface area contributed by atoms with Gasteiger partial charge in [0.15, 0.2) is 0 Å². The van der Waals surface area contributed by atoms with Crippen molar-refractivity contribution in [2.24, 2.45) is 0 Å². The standard InChI is InChI=1S/C19H17BrClNS/c20-14-3-6-18-16(11-14)17-12-23-10-8-19(17)22(18)9-7-13-1-4-15(21)5-2-13/h1-6,11H,7-10,12H2. The number of hydrogen-bond acceptors (Lipinski definition) is 1. The Balaban J connectivity index is 1.72. The number of fused-ring (bicyclic) bond motifs is 3. The second kappa shape index (κ2) is 6.54. The van der Waals surface area contributed by atoms with Crippen molar-refractivity contribution < 1.29 is 0 Å². The normalized spacial score (nSPS) is 14.2. The summed E-state index contributed by atoms with van der Waals surface area (Å²) in [4.78, 5) is 0. The molecule has 0 spiro atoms. The topological polar surface area (TPSA) is 4.93 Å². The third-order valence-corrected chi connectivity index (χ3v) is 6.25. The van der Waals surface area contributed by atoms with E-state index in [0.29, 0.717) is 0 Å². The number of aryl methyl sites for hydroxylation is 2. The Labute approximate surface area is 154 Å². The summed E-state index contributed by atoms with van der Waals surface area (Å²) in [5.41, 5.74) is 5.78. The van der Waals surface area contributed by atoms with E-state index in [9.17, 15) is 0 Å². The zero-order valence-electron chi connectivity index (χ0n) is 12.7. The first-order valence-corrected chi connectivity index (χ1v) is 10.2. The molecule has 0 atom stereocenters. The van der Waals surface area contributed by atoms with Gasteiger partial charge in [0, 0.05) is 38.4 Å². The van der Waals surface area contributed by atoms with E-state index in [4.69, 9.17) is 11.6 Å². The van der Waals surface area contributed by atoms with Gasteiger partial charge in [-0.3, -0.25) is 0 Å². The van der Waals surface area contributed by atoms with Gasteiger partial charge in [-0.25, -0.2) is 0 Å². The van der Waals surface area contributed by atoms with Crippen molar-refractivity contribution in [3.05, 3.63) is 68.8 Å². The van der Waals surface area contributed by atoms with Gasteiger partial charge in [0.2, 0.25) is 0 Å². The van der Waals surface area contributed by atoms with Crippen LogP contribution in [0.1, 0.15) is 16.8 Å². The number of benzene rings is 2. The summed E-state index contributed by atoms with van der Waals surface area (Å²) < 4.78 is 3.70. The van der Waals surface area contributed by atoms with Crippen molar-refractivity contribution in [3.8, 4) is 0 Å². The van der Waals surface area contributed by atoms with Crippen LogP contribution in [0.5, 0.6) is 0 Å². The average Bonchev–Trinajstić information content (AvgIpc) is 2.88. The molecule has 0 aliphatic carbocycles. The third kappa shape index (κ3) is 3.07. The molecule has 2 heterocycles. The molecule has 1 aliphatic rings. The van der Waals surface area contributed by atoms with Crippen molar-refractivity contribution in [1.82, 2.24) is 4.57 Å². The second-order valence-corrected chi connectivity index (χ2v) is 8.37. The van der Waals surface area contributed by atoms with Gasteiger partial charge in [0.1, 0.15) is 0 Å². The molecule has 1 aromatic heterocycles. The Hall–Kier alpha value is -0.900. The first-order valence-electron chi connectivity index (χ1n) is 7.84. The molecule has 0 amide bonds. The SMILES string of the molecule is Clc1ccc(CCn2c3c(c4cc(Br)ccc42)CSCC3)cc1. The van der Waals surface area contributed by atoms with Crippen LogP contribution in [0.4, 0.5) is 0 Å². The van der Waals surface area contributed by atoms with Crippen LogP contribution in [0.15, 0.2) is 46.9 Å². The van der Waals surface area contributed by atoms with Crippen LogP contribution < -0.4 is 0 Å². The Morgan fingerprint density at radius 3 is 2.78 bits per heavy atom. The smallest absolute Gasteiger partial charge is 0.0486 e.